The number of benzene rings is 2. The van der Waals surface area contributed by atoms with Crippen molar-refractivity contribution in [3.8, 4) is 0 Å². The molecule has 0 aliphatic heterocycles. The summed E-state index contributed by atoms with van der Waals surface area (Å²) < 4.78 is 0. The topological polar surface area (TPSA) is 20.2 Å². The maximum atomic E-state index is 9.63. The van der Waals surface area contributed by atoms with Crippen LogP contribution in [-0.2, 0) is 20.4 Å². The molecule has 0 saturated heterocycles. The van der Waals surface area contributed by atoms with E-state index in [1.54, 1.807) is 0 Å². The fraction of sp³-hybridized carbons (Fsp3) is 0.143. The van der Waals surface area contributed by atoms with Gasteiger partial charge < -0.3 is 4.80 Å². The smallest absolute Gasteiger partial charge is 0.213 e. The van der Waals surface area contributed by atoms with Gasteiger partial charge in [0, 0.05) is 20.4 Å². The summed E-state index contributed by atoms with van der Waals surface area (Å²) in [7, 11) is -2.03. The van der Waals surface area contributed by atoms with Crippen LogP contribution in [0.15, 0.2) is 60.7 Å². The minimum Gasteiger partial charge on any atom is -0.428 e. The number of hydrogen-bond donors (Lipinski definition) is 1. The fourth-order valence-corrected chi connectivity index (χ4v) is 2.20. The Morgan fingerprint density at radius 3 is 1.59 bits per heavy atom. The van der Waals surface area contributed by atoms with Crippen molar-refractivity contribution < 1.29 is 25.2 Å². The van der Waals surface area contributed by atoms with E-state index in [2.05, 4.69) is 6.07 Å². The molecule has 0 heterocycles. The van der Waals surface area contributed by atoms with Crippen molar-refractivity contribution in [2.45, 2.75) is 13.1 Å². The first-order chi connectivity index (χ1) is 7.61. The Morgan fingerprint density at radius 2 is 1.35 bits per heavy atom. The Labute approximate surface area is 118 Å². The van der Waals surface area contributed by atoms with Crippen LogP contribution in [0.2, 0.25) is 13.1 Å². The maximum Gasteiger partial charge on any atom is 0.213 e. The van der Waals surface area contributed by atoms with Crippen LogP contribution in [0.25, 0.3) is 0 Å². The Kier molecular flexibility index (Phi) is 8.03. The van der Waals surface area contributed by atoms with Gasteiger partial charge in [-0.05, 0) is 18.3 Å². The van der Waals surface area contributed by atoms with Crippen LogP contribution in [0.1, 0.15) is 0 Å². The van der Waals surface area contributed by atoms with E-state index in [4.69, 9.17) is 0 Å². The summed E-state index contributed by atoms with van der Waals surface area (Å²) in [5.74, 6) is 0. The van der Waals surface area contributed by atoms with Gasteiger partial charge in [-0.2, -0.15) is 36.4 Å². The third-order valence-electron chi connectivity index (χ3n) is 2.09. The fourth-order valence-electron chi connectivity index (χ4n) is 1.19. The molecule has 2 rings (SSSR count). The first kappa shape index (κ1) is 16.3. The second kappa shape index (κ2) is 8.38. The summed E-state index contributed by atoms with van der Waals surface area (Å²) in [4.78, 5) is 9.63. The van der Waals surface area contributed by atoms with Crippen molar-refractivity contribution in [2.75, 3.05) is 0 Å². The third kappa shape index (κ3) is 7.25. The molecule has 2 aromatic rings. The van der Waals surface area contributed by atoms with Gasteiger partial charge in [0.25, 0.3) is 0 Å². The van der Waals surface area contributed by atoms with E-state index in [0.717, 1.165) is 5.19 Å². The van der Waals surface area contributed by atoms with Gasteiger partial charge in [-0.3, -0.25) is 0 Å². The summed E-state index contributed by atoms with van der Waals surface area (Å²) in [5.41, 5.74) is 0. The number of rotatable bonds is 1. The van der Waals surface area contributed by atoms with E-state index in [9.17, 15) is 4.80 Å². The van der Waals surface area contributed by atoms with Crippen LogP contribution in [0, 0.1) is 6.07 Å². The Morgan fingerprint density at radius 1 is 0.882 bits per heavy atom. The zero-order chi connectivity index (χ0) is 11.9. The average molecular weight is 336 g/mol. The Hall–Kier alpha value is -0.721. The maximum absolute atomic E-state index is 9.63. The van der Waals surface area contributed by atoms with Gasteiger partial charge in [-0.15, -0.1) is 0 Å². The summed E-state index contributed by atoms with van der Waals surface area (Å²) in [6.45, 7) is 3.84. The van der Waals surface area contributed by atoms with Crippen molar-refractivity contribution in [3.63, 3.8) is 0 Å². The van der Waals surface area contributed by atoms with Crippen molar-refractivity contribution in [3.05, 3.63) is 66.7 Å². The van der Waals surface area contributed by atoms with E-state index in [-0.39, 0.29) is 20.4 Å². The quantitative estimate of drug-likeness (QED) is 0.627. The Bertz CT molecular complexity index is 357. The van der Waals surface area contributed by atoms with Gasteiger partial charge in [0.15, 0.2) is 0 Å². The van der Waals surface area contributed by atoms with Crippen LogP contribution in [0.5, 0.6) is 0 Å². The zero-order valence-corrected chi connectivity index (χ0v) is 12.6. The van der Waals surface area contributed by atoms with Crippen LogP contribution in [0.3, 0.4) is 0 Å². The summed E-state index contributed by atoms with van der Waals surface area (Å²) in [5, 5.41) is 1.09. The van der Waals surface area contributed by atoms with Gasteiger partial charge in [0.2, 0.25) is 8.32 Å². The van der Waals surface area contributed by atoms with E-state index < -0.39 is 8.32 Å². The monoisotopic (exact) mass is 335 g/mol. The van der Waals surface area contributed by atoms with Crippen molar-refractivity contribution in [1.82, 2.24) is 0 Å². The van der Waals surface area contributed by atoms with E-state index in [1.807, 2.05) is 73.8 Å². The first-order valence-electron chi connectivity index (χ1n) is 5.29. The largest absolute Gasteiger partial charge is 0.428 e. The molecule has 3 heteroatoms. The molecule has 0 atom stereocenters. The minimum atomic E-state index is -2.03. The van der Waals surface area contributed by atoms with Gasteiger partial charge in [-0.25, -0.2) is 0 Å². The third-order valence-corrected chi connectivity index (χ3v) is 3.83. The van der Waals surface area contributed by atoms with Crippen LogP contribution < -0.4 is 5.19 Å². The van der Waals surface area contributed by atoms with Gasteiger partial charge in [0.05, 0.1) is 0 Å². The molecule has 2 aromatic carbocycles. The summed E-state index contributed by atoms with van der Waals surface area (Å²) >= 11 is 0. The van der Waals surface area contributed by atoms with Crippen molar-refractivity contribution >= 4 is 13.5 Å². The van der Waals surface area contributed by atoms with E-state index >= 15 is 0 Å². The summed E-state index contributed by atoms with van der Waals surface area (Å²) in [6.07, 6.45) is 0. The summed E-state index contributed by atoms with van der Waals surface area (Å²) in [6, 6.07) is 22.3. The van der Waals surface area contributed by atoms with Gasteiger partial charge >= 0.3 is 0 Å². The standard InChI is InChI=1S/C8H12OSi.C6H5.Pd/c1-10(2,9)8-6-4-3-5-7-8;1-2-4-6-5-3-1;/h3-7,9H,1-2H3;1-5H;/q;-1;. The molecule has 0 aromatic heterocycles. The molecule has 0 unspecified atom stereocenters. The molecule has 17 heavy (non-hydrogen) atoms. The molecule has 94 valence electrons. The molecule has 0 aliphatic carbocycles. The minimum absolute atomic E-state index is 0. The molecule has 0 aliphatic rings. The molecule has 0 radical (unpaired) electrons. The van der Waals surface area contributed by atoms with Crippen LogP contribution in [-0.4, -0.2) is 13.1 Å². The first-order valence-corrected chi connectivity index (χ1v) is 8.24. The molecule has 0 amide bonds. The molecule has 0 spiro atoms. The second-order valence-corrected chi connectivity index (χ2v) is 7.70. The normalized spacial score (nSPS) is 9.59. The Balaban J connectivity index is 0.000000316. The van der Waals surface area contributed by atoms with Crippen molar-refractivity contribution in [2.24, 2.45) is 0 Å². The molecular weight excluding hydrogens is 319 g/mol. The SMILES string of the molecule is C[Si](C)(O)c1ccccc1.[Pd].[c-]1ccccc1. The number of hydrogen-bond acceptors (Lipinski definition) is 1. The van der Waals surface area contributed by atoms with Gasteiger partial charge in [0.1, 0.15) is 0 Å². The van der Waals surface area contributed by atoms with Crippen LogP contribution >= 0.6 is 0 Å². The molecule has 0 saturated carbocycles. The molecular formula is C14H17OPdSi-. The molecule has 0 bridgehead atoms. The van der Waals surface area contributed by atoms with Gasteiger partial charge in [-0.1, -0.05) is 30.3 Å². The predicted molar refractivity (Wildman–Crippen MR) is 71.1 cm³/mol. The van der Waals surface area contributed by atoms with Crippen molar-refractivity contribution in [1.29, 1.82) is 0 Å². The molecule has 1 N–H and O–H groups in total. The average Bonchev–Trinajstić information content (AvgIpc) is 2.32. The molecule has 0 fully saturated rings. The molecule has 1 nitrogen and oxygen atoms in total. The van der Waals surface area contributed by atoms with E-state index in [1.165, 1.54) is 0 Å². The zero-order valence-electron chi connectivity index (χ0n) is 10.0. The predicted octanol–water partition coefficient (Wildman–Crippen LogP) is 2.58. The van der Waals surface area contributed by atoms with Crippen LogP contribution in [0.4, 0.5) is 0 Å². The second-order valence-electron chi connectivity index (χ2n) is 4.00. The van der Waals surface area contributed by atoms with E-state index in [0.29, 0.717) is 0 Å².